The molecule has 0 saturated heterocycles. The molecule has 0 aliphatic heterocycles. The maximum absolute atomic E-state index is 6.05. The minimum atomic E-state index is 0.246. The Morgan fingerprint density at radius 1 is 1.08 bits per heavy atom. The summed E-state index contributed by atoms with van der Waals surface area (Å²) in [6, 6.07) is 14.2. The second kappa shape index (κ2) is 6.42. The average Bonchev–Trinajstić information content (AvgIpc) is 2.97. The number of anilines is 1. The Morgan fingerprint density at radius 2 is 1.96 bits per heavy atom. The molecule has 0 unspecified atom stereocenters. The molecular formula is C18H14BrClN4. The summed E-state index contributed by atoms with van der Waals surface area (Å²) in [6.07, 6.45) is 2.96. The van der Waals surface area contributed by atoms with Gasteiger partial charge in [-0.3, -0.25) is 0 Å². The number of aromatic nitrogens is 3. The lowest BCUT2D eigenvalue weighted by Gasteiger charge is -2.09. The predicted octanol–water partition coefficient (Wildman–Crippen LogP) is 5.18. The SMILES string of the molecule is Clc1nc(NCCc2c[nH]c3ccccc23)c2ccc(Br)cc2n1. The standard InChI is InChI=1S/C18H14BrClN4/c19-12-5-6-14-16(9-12)23-18(20)24-17(14)21-8-7-11-10-22-15-4-2-1-3-13(11)15/h1-6,9-10,22H,7-8H2,(H,21,23,24). The van der Waals surface area contributed by atoms with Crippen molar-refractivity contribution >= 4 is 55.2 Å². The molecule has 0 spiro atoms. The maximum atomic E-state index is 6.05. The van der Waals surface area contributed by atoms with Crippen LogP contribution in [0.15, 0.2) is 53.1 Å². The molecule has 4 aromatic rings. The van der Waals surface area contributed by atoms with Crippen molar-refractivity contribution in [2.45, 2.75) is 6.42 Å². The lowest BCUT2D eigenvalue weighted by atomic mass is 10.1. The molecule has 24 heavy (non-hydrogen) atoms. The van der Waals surface area contributed by atoms with E-state index in [2.05, 4.69) is 60.6 Å². The molecule has 2 aromatic heterocycles. The van der Waals surface area contributed by atoms with Crippen LogP contribution in [0.5, 0.6) is 0 Å². The molecule has 2 aromatic carbocycles. The zero-order chi connectivity index (χ0) is 16.5. The molecular weight excluding hydrogens is 388 g/mol. The first kappa shape index (κ1) is 15.4. The van der Waals surface area contributed by atoms with Crippen molar-refractivity contribution < 1.29 is 0 Å². The summed E-state index contributed by atoms with van der Waals surface area (Å²) in [5.41, 5.74) is 3.26. The smallest absolute Gasteiger partial charge is 0.224 e. The molecule has 6 heteroatoms. The van der Waals surface area contributed by atoms with Crippen molar-refractivity contribution in [1.29, 1.82) is 0 Å². The highest BCUT2D eigenvalue weighted by atomic mass is 79.9. The van der Waals surface area contributed by atoms with Gasteiger partial charge in [-0.05, 0) is 47.9 Å². The number of H-pyrrole nitrogens is 1. The Hall–Kier alpha value is -2.11. The number of para-hydroxylation sites is 1. The number of halogens is 2. The summed E-state index contributed by atoms with van der Waals surface area (Å²) in [4.78, 5) is 11.9. The van der Waals surface area contributed by atoms with Crippen LogP contribution in [0.25, 0.3) is 21.8 Å². The van der Waals surface area contributed by atoms with Gasteiger partial charge in [-0.25, -0.2) is 9.97 Å². The second-order valence-corrected chi connectivity index (χ2v) is 6.79. The topological polar surface area (TPSA) is 53.6 Å². The van der Waals surface area contributed by atoms with Gasteiger partial charge in [0.1, 0.15) is 5.82 Å². The number of hydrogen-bond acceptors (Lipinski definition) is 3. The van der Waals surface area contributed by atoms with Crippen LogP contribution >= 0.6 is 27.5 Å². The van der Waals surface area contributed by atoms with Gasteiger partial charge in [0, 0.05) is 33.5 Å². The van der Waals surface area contributed by atoms with Gasteiger partial charge in [0.15, 0.2) is 0 Å². The third-order valence-corrected chi connectivity index (χ3v) is 4.66. The largest absolute Gasteiger partial charge is 0.369 e. The highest BCUT2D eigenvalue weighted by Crippen LogP contribution is 2.25. The van der Waals surface area contributed by atoms with E-state index in [-0.39, 0.29) is 5.28 Å². The van der Waals surface area contributed by atoms with Crippen LogP contribution < -0.4 is 5.32 Å². The summed E-state index contributed by atoms with van der Waals surface area (Å²) in [6.45, 7) is 0.764. The Labute approximate surface area is 152 Å². The molecule has 0 saturated carbocycles. The summed E-state index contributed by atoms with van der Waals surface area (Å²) in [5, 5.41) is 5.85. The van der Waals surface area contributed by atoms with Gasteiger partial charge in [-0.2, -0.15) is 0 Å². The zero-order valence-corrected chi connectivity index (χ0v) is 15.0. The first-order valence-electron chi connectivity index (χ1n) is 7.62. The van der Waals surface area contributed by atoms with Crippen molar-refractivity contribution in [2.75, 3.05) is 11.9 Å². The van der Waals surface area contributed by atoms with Crippen molar-refractivity contribution in [3.05, 3.63) is 64.0 Å². The van der Waals surface area contributed by atoms with Gasteiger partial charge in [0.2, 0.25) is 5.28 Å². The van der Waals surface area contributed by atoms with Crippen molar-refractivity contribution in [3.8, 4) is 0 Å². The summed E-state index contributed by atoms with van der Waals surface area (Å²) in [5.74, 6) is 0.761. The average molecular weight is 402 g/mol. The molecule has 2 heterocycles. The second-order valence-electron chi connectivity index (χ2n) is 5.54. The molecule has 120 valence electrons. The van der Waals surface area contributed by atoms with E-state index in [0.29, 0.717) is 0 Å². The Kier molecular flexibility index (Phi) is 4.12. The van der Waals surface area contributed by atoms with Crippen LogP contribution in [0.2, 0.25) is 5.28 Å². The van der Waals surface area contributed by atoms with Gasteiger partial charge >= 0.3 is 0 Å². The summed E-state index contributed by atoms with van der Waals surface area (Å²) in [7, 11) is 0. The quantitative estimate of drug-likeness (QED) is 0.463. The fourth-order valence-electron chi connectivity index (χ4n) is 2.86. The number of hydrogen-bond donors (Lipinski definition) is 2. The third kappa shape index (κ3) is 2.97. The van der Waals surface area contributed by atoms with Crippen molar-refractivity contribution in [1.82, 2.24) is 15.0 Å². The number of fused-ring (bicyclic) bond motifs is 2. The Bertz CT molecular complexity index is 1020. The van der Waals surface area contributed by atoms with Gasteiger partial charge < -0.3 is 10.3 Å². The van der Waals surface area contributed by atoms with E-state index in [1.807, 2.05) is 24.3 Å². The van der Waals surface area contributed by atoms with E-state index in [1.165, 1.54) is 10.9 Å². The van der Waals surface area contributed by atoms with E-state index >= 15 is 0 Å². The molecule has 0 aliphatic rings. The number of rotatable bonds is 4. The minimum Gasteiger partial charge on any atom is -0.369 e. The molecule has 0 amide bonds. The number of nitrogens with one attached hydrogen (secondary N) is 2. The minimum absolute atomic E-state index is 0.246. The summed E-state index contributed by atoms with van der Waals surface area (Å²) < 4.78 is 0.967. The fraction of sp³-hybridized carbons (Fsp3) is 0.111. The van der Waals surface area contributed by atoms with E-state index in [0.717, 1.165) is 39.7 Å². The molecule has 0 bridgehead atoms. The monoisotopic (exact) mass is 400 g/mol. The first-order valence-corrected chi connectivity index (χ1v) is 8.79. The van der Waals surface area contributed by atoms with E-state index in [9.17, 15) is 0 Å². The predicted molar refractivity (Wildman–Crippen MR) is 103 cm³/mol. The molecule has 4 rings (SSSR count). The molecule has 0 aliphatic carbocycles. The molecule has 0 radical (unpaired) electrons. The van der Waals surface area contributed by atoms with Crippen LogP contribution in [0, 0.1) is 0 Å². The lowest BCUT2D eigenvalue weighted by Crippen LogP contribution is -2.07. The van der Waals surface area contributed by atoms with E-state index in [4.69, 9.17) is 11.6 Å². The first-order chi connectivity index (χ1) is 11.7. The molecule has 4 nitrogen and oxygen atoms in total. The van der Waals surface area contributed by atoms with E-state index in [1.54, 1.807) is 0 Å². The van der Waals surface area contributed by atoms with Gasteiger partial charge in [0.05, 0.1) is 5.52 Å². The van der Waals surface area contributed by atoms with Crippen LogP contribution in [0.3, 0.4) is 0 Å². The lowest BCUT2D eigenvalue weighted by molar-refractivity contribution is 1.01. The highest BCUT2D eigenvalue weighted by molar-refractivity contribution is 9.10. The number of aromatic amines is 1. The summed E-state index contributed by atoms with van der Waals surface area (Å²) >= 11 is 9.51. The van der Waals surface area contributed by atoms with Gasteiger partial charge in [-0.15, -0.1) is 0 Å². The van der Waals surface area contributed by atoms with Crippen LogP contribution in [0.4, 0.5) is 5.82 Å². The molecule has 0 atom stereocenters. The van der Waals surface area contributed by atoms with Crippen LogP contribution in [-0.2, 0) is 6.42 Å². The zero-order valence-electron chi connectivity index (χ0n) is 12.7. The Balaban J connectivity index is 1.57. The van der Waals surface area contributed by atoms with Crippen LogP contribution in [-0.4, -0.2) is 21.5 Å². The molecule has 2 N–H and O–H groups in total. The normalized spacial score (nSPS) is 11.2. The third-order valence-electron chi connectivity index (χ3n) is 3.99. The fourth-order valence-corrected chi connectivity index (χ4v) is 3.39. The molecule has 0 fully saturated rings. The maximum Gasteiger partial charge on any atom is 0.224 e. The number of benzene rings is 2. The highest BCUT2D eigenvalue weighted by Gasteiger charge is 2.08. The van der Waals surface area contributed by atoms with Crippen LogP contribution in [0.1, 0.15) is 5.56 Å². The van der Waals surface area contributed by atoms with Crippen molar-refractivity contribution in [3.63, 3.8) is 0 Å². The van der Waals surface area contributed by atoms with E-state index < -0.39 is 0 Å². The van der Waals surface area contributed by atoms with Crippen molar-refractivity contribution in [2.24, 2.45) is 0 Å². The van der Waals surface area contributed by atoms with Gasteiger partial charge in [0.25, 0.3) is 0 Å². The Morgan fingerprint density at radius 3 is 2.88 bits per heavy atom. The van der Waals surface area contributed by atoms with Gasteiger partial charge in [-0.1, -0.05) is 34.1 Å². The number of nitrogens with zero attached hydrogens (tertiary/aromatic N) is 2.